The minimum Gasteiger partial charge on any atom is -0.459 e. The Balaban J connectivity index is 0.00000205. The number of furan rings is 1. The molecule has 1 aromatic heterocycles. The van der Waals surface area contributed by atoms with Crippen molar-refractivity contribution in [2.45, 2.75) is 44.8 Å². The molecule has 0 bridgehead atoms. The van der Waals surface area contributed by atoms with Crippen LogP contribution in [0.15, 0.2) is 27.8 Å². The van der Waals surface area contributed by atoms with Crippen molar-refractivity contribution in [3.63, 3.8) is 0 Å². The van der Waals surface area contributed by atoms with Crippen molar-refractivity contribution in [1.29, 1.82) is 0 Å². The van der Waals surface area contributed by atoms with Crippen molar-refractivity contribution >= 4 is 35.8 Å². The number of ether oxygens (including phenoxy) is 1. The molecule has 0 radical (unpaired) electrons. The van der Waals surface area contributed by atoms with Gasteiger partial charge in [-0.15, -0.1) is 24.0 Å². The van der Waals surface area contributed by atoms with E-state index in [1.807, 2.05) is 4.90 Å². The molecule has 1 spiro atoms. The summed E-state index contributed by atoms with van der Waals surface area (Å²) in [6.07, 6.45) is 7.04. The zero-order chi connectivity index (χ0) is 19.1. The summed E-state index contributed by atoms with van der Waals surface area (Å²) in [7, 11) is 0. The maximum absolute atomic E-state index is 12.5. The highest BCUT2D eigenvalue weighted by Crippen LogP contribution is 2.62. The summed E-state index contributed by atoms with van der Waals surface area (Å²) in [4.78, 5) is 21.5. The molecule has 2 saturated carbocycles. The number of rotatable bonds is 3. The van der Waals surface area contributed by atoms with E-state index in [9.17, 15) is 4.79 Å². The molecule has 4 fully saturated rings. The first kappa shape index (κ1) is 21.0. The summed E-state index contributed by atoms with van der Waals surface area (Å²) < 4.78 is 11.3. The quantitative estimate of drug-likeness (QED) is 0.382. The Hall–Kier alpha value is -1.29. The number of piperazine rings is 1. The maximum Gasteiger partial charge on any atom is 0.289 e. The summed E-state index contributed by atoms with van der Waals surface area (Å²) in [5.74, 6) is 2.03. The van der Waals surface area contributed by atoms with Crippen LogP contribution in [0.4, 0.5) is 0 Å². The second kappa shape index (κ2) is 8.45. The zero-order valence-corrected chi connectivity index (χ0v) is 19.3. The van der Waals surface area contributed by atoms with E-state index < -0.39 is 0 Å². The van der Waals surface area contributed by atoms with Crippen LogP contribution in [0.3, 0.4) is 0 Å². The van der Waals surface area contributed by atoms with Gasteiger partial charge in [0.05, 0.1) is 12.4 Å². The molecule has 1 N–H and O–H groups in total. The summed E-state index contributed by atoms with van der Waals surface area (Å²) in [6, 6.07) is 3.98. The SMILES string of the molecule is CCN=C(NC1C2CCOC2C12CCC2)N1CCN(C(=O)c2ccco2)CC1.I. The Morgan fingerprint density at radius 2 is 2.03 bits per heavy atom. The van der Waals surface area contributed by atoms with Crippen LogP contribution in [0.2, 0.25) is 0 Å². The van der Waals surface area contributed by atoms with Crippen molar-refractivity contribution < 1.29 is 13.9 Å². The number of aliphatic imine (C=N–C) groups is 1. The standard InChI is InChI=1S/C21H30N4O3.HI/c1-2-22-20(23-17-15-6-14-28-18(15)21(17)7-4-8-21)25-11-9-24(10-12-25)19(26)16-5-3-13-27-16;/h3,5,13,15,17-18H,2,4,6-12,14H2,1H3,(H,22,23);1H. The molecule has 1 aromatic rings. The fourth-order valence-corrected chi connectivity index (χ4v) is 5.66. The molecule has 2 aliphatic heterocycles. The van der Waals surface area contributed by atoms with Crippen LogP contribution in [0, 0.1) is 11.3 Å². The molecule has 7 nitrogen and oxygen atoms in total. The van der Waals surface area contributed by atoms with Crippen molar-refractivity contribution in [1.82, 2.24) is 15.1 Å². The smallest absolute Gasteiger partial charge is 0.289 e. The Morgan fingerprint density at radius 1 is 1.28 bits per heavy atom. The molecule has 29 heavy (non-hydrogen) atoms. The third-order valence-electron chi connectivity index (χ3n) is 7.23. The Kier molecular flexibility index (Phi) is 6.11. The average molecular weight is 514 g/mol. The van der Waals surface area contributed by atoms with Gasteiger partial charge in [0.15, 0.2) is 11.7 Å². The number of nitrogens with zero attached hydrogens (tertiary/aromatic N) is 3. The van der Waals surface area contributed by atoms with Gasteiger partial charge in [-0.25, -0.2) is 0 Å². The third-order valence-corrected chi connectivity index (χ3v) is 7.23. The number of guanidine groups is 1. The van der Waals surface area contributed by atoms with E-state index in [1.165, 1.54) is 19.3 Å². The lowest BCUT2D eigenvalue weighted by Crippen LogP contribution is -2.73. The number of hydrogen-bond donors (Lipinski definition) is 1. The number of fused-ring (bicyclic) bond motifs is 2. The number of carbonyl (C=O) groups excluding carboxylic acids is 1. The Bertz CT molecular complexity index is 741. The second-order valence-corrected chi connectivity index (χ2v) is 8.51. The van der Waals surface area contributed by atoms with Gasteiger partial charge in [-0.3, -0.25) is 9.79 Å². The Labute approximate surface area is 189 Å². The first-order valence-electron chi connectivity index (χ1n) is 10.7. The lowest BCUT2D eigenvalue weighted by Gasteiger charge is -2.63. The Morgan fingerprint density at radius 3 is 2.66 bits per heavy atom. The van der Waals surface area contributed by atoms with Gasteiger partial charge in [0.1, 0.15) is 0 Å². The van der Waals surface area contributed by atoms with Crippen molar-refractivity contribution in [2.75, 3.05) is 39.3 Å². The molecule has 0 aromatic carbocycles. The van der Waals surface area contributed by atoms with Crippen LogP contribution in [0.1, 0.15) is 43.2 Å². The van der Waals surface area contributed by atoms with Gasteiger partial charge in [0.25, 0.3) is 5.91 Å². The number of hydrogen-bond acceptors (Lipinski definition) is 4. The highest BCUT2D eigenvalue weighted by molar-refractivity contribution is 14.0. The van der Waals surface area contributed by atoms with Gasteiger partial charge in [0.2, 0.25) is 0 Å². The second-order valence-electron chi connectivity index (χ2n) is 8.51. The molecular weight excluding hydrogens is 483 g/mol. The van der Waals surface area contributed by atoms with E-state index in [2.05, 4.69) is 17.1 Å². The fourth-order valence-electron chi connectivity index (χ4n) is 5.66. The average Bonchev–Trinajstić information content (AvgIpc) is 3.34. The van der Waals surface area contributed by atoms with E-state index in [-0.39, 0.29) is 29.9 Å². The fraction of sp³-hybridized carbons (Fsp3) is 0.714. The molecule has 3 unspecified atom stereocenters. The number of nitrogens with one attached hydrogen (secondary N) is 1. The van der Waals surface area contributed by atoms with Gasteiger partial charge in [-0.05, 0) is 38.3 Å². The first-order valence-corrected chi connectivity index (χ1v) is 10.7. The predicted octanol–water partition coefficient (Wildman–Crippen LogP) is 2.58. The molecule has 3 heterocycles. The van der Waals surface area contributed by atoms with E-state index in [4.69, 9.17) is 14.1 Å². The zero-order valence-electron chi connectivity index (χ0n) is 17.0. The van der Waals surface area contributed by atoms with Crippen LogP contribution in [-0.2, 0) is 4.74 Å². The van der Waals surface area contributed by atoms with Crippen LogP contribution in [0.5, 0.6) is 0 Å². The number of carbonyl (C=O) groups is 1. The van der Waals surface area contributed by atoms with Gasteiger partial charge in [-0.2, -0.15) is 0 Å². The summed E-state index contributed by atoms with van der Waals surface area (Å²) in [6.45, 7) is 6.72. The third kappa shape index (κ3) is 3.45. The summed E-state index contributed by atoms with van der Waals surface area (Å²) in [5, 5.41) is 3.83. The van der Waals surface area contributed by atoms with Crippen molar-refractivity contribution in [3.8, 4) is 0 Å². The topological polar surface area (TPSA) is 70.3 Å². The van der Waals surface area contributed by atoms with Crippen LogP contribution < -0.4 is 5.32 Å². The highest BCUT2D eigenvalue weighted by atomic mass is 127. The molecule has 2 aliphatic carbocycles. The highest BCUT2D eigenvalue weighted by Gasteiger charge is 2.66. The molecule has 8 heteroatoms. The summed E-state index contributed by atoms with van der Waals surface area (Å²) >= 11 is 0. The normalized spacial score (nSPS) is 30.2. The minimum absolute atomic E-state index is 0. The molecule has 3 atom stereocenters. The van der Waals surface area contributed by atoms with Gasteiger partial charge >= 0.3 is 0 Å². The molecule has 2 saturated heterocycles. The van der Waals surface area contributed by atoms with Crippen molar-refractivity contribution in [3.05, 3.63) is 24.2 Å². The molecular formula is C21H31IN4O3. The number of halogens is 1. The van der Waals surface area contributed by atoms with Crippen LogP contribution >= 0.6 is 24.0 Å². The largest absolute Gasteiger partial charge is 0.459 e. The maximum atomic E-state index is 12.5. The number of amides is 1. The monoisotopic (exact) mass is 514 g/mol. The van der Waals surface area contributed by atoms with Crippen LogP contribution in [-0.4, -0.2) is 73.1 Å². The minimum atomic E-state index is -0.0232. The van der Waals surface area contributed by atoms with Gasteiger partial charge < -0.3 is 24.3 Å². The molecule has 5 rings (SSSR count). The summed E-state index contributed by atoms with van der Waals surface area (Å²) in [5.41, 5.74) is 0.340. The lowest BCUT2D eigenvalue weighted by atomic mass is 9.46. The molecule has 160 valence electrons. The van der Waals surface area contributed by atoms with E-state index in [1.54, 1.807) is 18.4 Å². The van der Waals surface area contributed by atoms with Crippen LogP contribution in [0.25, 0.3) is 0 Å². The van der Waals surface area contributed by atoms with Gasteiger partial charge in [-0.1, -0.05) is 6.42 Å². The van der Waals surface area contributed by atoms with E-state index >= 15 is 0 Å². The van der Waals surface area contributed by atoms with Gasteiger partial charge in [0, 0.05) is 56.7 Å². The first-order chi connectivity index (χ1) is 13.7. The van der Waals surface area contributed by atoms with E-state index in [0.717, 1.165) is 38.6 Å². The van der Waals surface area contributed by atoms with E-state index in [0.29, 0.717) is 42.3 Å². The lowest BCUT2D eigenvalue weighted by molar-refractivity contribution is -0.171. The molecule has 4 aliphatic rings. The predicted molar refractivity (Wildman–Crippen MR) is 121 cm³/mol. The molecule has 1 amide bonds. The van der Waals surface area contributed by atoms with Crippen molar-refractivity contribution in [2.24, 2.45) is 16.3 Å².